The van der Waals surface area contributed by atoms with Crippen LogP contribution in [0.5, 0.6) is 0 Å². The lowest BCUT2D eigenvalue weighted by Gasteiger charge is -2.28. The average molecular weight is 351 g/mol. The summed E-state index contributed by atoms with van der Waals surface area (Å²) in [6.45, 7) is 5.31. The van der Waals surface area contributed by atoms with Crippen LogP contribution in [0.2, 0.25) is 0 Å². The van der Waals surface area contributed by atoms with Gasteiger partial charge in [-0.1, -0.05) is 25.8 Å². The number of hydrogen-bond acceptors (Lipinski definition) is 4. The Morgan fingerprint density at radius 3 is 2.58 bits per heavy atom. The number of rotatable bonds is 8. The smallest absolute Gasteiger partial charge is 0.251 e. The van der Waals surface area contributed by atoms with Crippen LogP contribution in [0.3, 0.4) is 0 Å². The Hall–Kier alpha value is -1.88. The third-order valence-corrected chi connectivity index (χ3v) is 4.64. The highest BCUT2D eigenvalue weighted by Gasteiger charge is 2.21. The Morgan fingerprint density at radius 1 is 1.33 bits per heavy atom. The molecule has 0 radical (unpaired) electrons. The van der Waals surface area contributed by atoms with E-state index in [-0.39, 0.29) is 22.8 Å². The van der Waals surface area contributed by atoms with Crippen molar-refractivity contribution in [1.82, 2.24) is 14.9 Å². The highest BCUT2D eigenvalue weighted by Crippen LogP contribution is 2.15. The lowest BCUT2D eigenvalue weighted by atomic mass is 9.93. The van der Waals surface area contributed by atoms with Gasteiger partial charge < -0.3 is 10.2 Å². The van der Waals surface area contributed by atoms with Gasteiger partial charge in [-0.05, 0) is 37.7 Å². The Labute approximate surface area is 144 Å². The molecule has 0 aromatic heterocycles. The third-order valence-electron chi connectivity index (χ3n) is 3.24. The predicted octanol–water partition coefficient (Wildman–Crippen LogP) is 0.916. The van der Waals surface area contributed by atoms with Crippen molar-refractivity contribution < 1.29 is 13.2 Å². The predicted molar refractivity (Wildman–Crippen MR) is 95.1 cm³/mol. The van der Waals surface area contributed by atoms with Gasteiger partial charge in [0.2, 0.25) is 10.0 Å². The van der Waals surface area contributed by atoms with E-state index >= 15 is 0 Å². The van der Waals surface area contributed by atoms with Crippen LogP contribution < -0.4 is 10.0 Å². The minimum absolute atomic E-state index is 0.0120. The summed E-state index contributed by atoms with van der Waals surface area (Å²) in [6, 6.07) is 5.87. The van der Waals surface area contributed by atoms with E-state index in [2.05, 4.69) is 34.7 Å². The average Bonchev–Trinajstić information content (AvgIpc) is 2.49. The molecule has 0 bridgehead atoms. The fourth-order valence-electron chi connectivity index (χ4n) is 2.36. The van der Waals surface area contributed by atoms with Gasteiger partial charge in [-0.3, -0.25) is 4.79 Å². The van der Waals surface area contributed by atoms with Crippen LogP contribution in [0, 0.1) is 17.8 Å². The van der Waals surface area contributed by atoms with E-state index in [4.69, 9.17) is 6.42 Å². The number of benzene rings is 1. The Bertz CT molecular complexity index is 719. The summed E-state index contributed by atoms with van der Waals surface area (Å²) in [5.74, 6) is 1.90. The molecule has 1 aromatic carbocycles. The monoisotopic (exact) mass is 351 g/mol. The standard InChI is InChI=1S/C17H25N3O3S/c1-6-10-19-24(22,23)15-9-7-8-14(11-15)16(21)18-12-17(2,3)13-20(4)5/h1,7-9,11,19H,10,12-13H2,2-5H3,(H,18,21). The van der Waals surface area contributed by atoms with Crippen molar-refractivity contribution in [3.63, 3.8) is 0 Å². The zero-order chi connectivity index (χ0) is 18.4. The molecule has 0 atom stereocenters. The summed E-state index contributed by atoms with van der Waals surface area (Å²) in [5.41, 5.74) is 0.191. The first-order valence-electron chi connectivity index (χ1n) is 7.53. The molecule has 6 nitrogen and oxygen atoms in total. The van der Waals surface area contributed by atoms with Crippen LogP contribution in [-0.2, 0) is 10.0 Å². The van der Waals surface area contributed by atoms with Crippen LogP contribution >= 0.6 is 0 Å². The molecule has 0 aliphatic rings. The summed E-state index contributed by atoms with van der Waals surface area (Å²) in [7, 11) is 0.230. The highest BCUT2D eigenvalue weighted by atomic mass is 32.2. The molecular formula is C17H25N3O3S. The molecule has 0 saturated carbocycles. The van der Waals surface area contributed by atoms with Crippen molar-refractivity contribution >= 4 is 15.9 Å². The van der Waals surface area contributed by atoms with Crippen molar-refractivity contribution in [2.45, 2.75) is 18.7 Å². The molecule has 24 heavy (non-hydrogen) atoms. The molecule has 7 heteroatoms. The molecule has 1 rings (SSSR count). The van der Waals surface area contributed by atoms with Crippen LogP contribution in [-0.4, -0.2) is 53.0 Å². The van der Waals surface area contributed by atoms with E-state index in [1.54, 1.807) is 6.07 Å². The second kappa shape index (κ2) is 8.29. The fraction of sp³-hybridized carbons (Fsp3) is 0.471. The molecule has 0 aliphatic heterocycles. The first-order chi connectivity index (χ1) is 11.1. The quantitative estimate of drug-likeness (QED) is 0.683. The van der Waals surface area contributed by atoms with Gasteiger partial charge in [0, 0.05) is 18.7 Å². The molecule has 0 saturated heterocycles. The summed E-state index contributed by atoms with van der Waals surface area (Å²) in [6.07, 6.45) is 5.06. The molecule has 1 amide bonds. The Morgan fingerprint density at radius 2 is 2.00 bits per heavy atom. The first-order valence-corrected chi connectivity index (χ1v) is 9.02. The molecule has 0 unspecified atom stereocenters. The summed E-state index contributed by atoms with van der Waals surface area (Å²) in [5, 5.41) is 2.85. The van der Waals surface area contributed by atoms with E-state index < -0.39 is 10.0 Å². The second-order valence-electron chi connectivity index (χ2n) is 6.64. The SMILES string of the molecule is C#CCNS(=O)(=O)c1cccc(C(=O)NCC(C)(C)CN(C)C)c1. The molecule has 1 aromatic rings. The molecule has 0 fully saturated rings. The van der Waals surface area contributed by atoms with Crippen LogP contribution in [0.25, 0.3) is 0 Å². The van der Waals surface area contributed by atoms with Crippen molar-refractivity contribution in [1.29, 1.82) is 0 Å². The minimum atomic E-state index is -3.72. The van der Waals surface area contributed by atoms with Gasteiger partial charge >= 0.3 is 0 Å². The zero-order valence-electron chi connectivity index (χ0n) is 14.6. The Kier molecular flexibility index (Phi) is 6.96. The maximum atomic E-state index is 12.3. The van der Waals surface area contributed by atoms with Gasteiger partial charge in [0.05, 0.1) is 11.4 Å². The van der Waals surface area contributed by atoms with Crippen molar-refractivity contribution in [3.05, 3.63) is 29.8 Å². The summed E-state index contributed by atoms with van der Waals surface area (Å²) in [4.78, 5) is 14.4. The van der Waals surface area contributed by atoms with Crippen molar-refractivity contribution in [2.24, 2.45) is 5.41 Å². The number of sulfonamides is 1. The lowest BCUT2D eigenvalue weighted by molar-refractivity contribution is 0.0929. The zero-order valence-corrected chi connectivity index (χ0v) is 15.4. The Balaban J connectivity index is 2.83. The lowest BCUT2D eigenvalue weighted by Crippen LogP contribution is -2.40. The van der Waals surface area contributed by atoms with Gasteiger partial charge in [0.15, 0.2) is 0 Å². The molecular weight excluding hydrogens is 326 g/mol. The van der Waals surface area contributed by atoms with E-state index in [9.17, 15) is 13.2 Å². The molecule has 132 valence electrons. The van der Waals surface area contributed by atoms with Gasteiger partial charge in [-0.2, -0.15) is 4.72 Å². The number of carbonyl (C=O) groups is 1. The van der Waals surface area contributed by atoms with Crippen molar-refractivity contribution in [2.75, 3.05) is 33.7 Å². The topological polar surface area (TPSA) is 78.5 Å². The van der Waals surface area contributed by atoms with E-state index in [1.165, 1.54) is 18.2 Å². The fourth-order valence-corrected chi connectivity index (χ4v) is 3.34. The van der Waals surface area contributed by atoms with Crippen LogP contribution in [0.1, 0.15) is 24.2 Å². The highest BCUT2D eigenvalue weighted by molar-refractivity contribution is 7.89. The third kappa shape index (κ3) is 6.32. The number of amides is 1. The molecule has 2 N–H and O–H groups in total. The number of terminal acetylenes is 1. The second-order valence-corrected chi connectivity index (χ2v) is 8.41. The first kappa shape index (κ1) is 20.2. The normalized spacial score (nSPS) is 12.0. The van der Waals surface area contributed by atoms with Gasteiger partial charge in [-0.15, -0.1) is 6.42 Å². The van der Waals surface area contributed by atoms with Gasteiger partial charge in [0.25, 0.3) is 5.91 Å². The molecule has 0 aliphatic carbocycles. The maximum Gasteiger partial charge on any atom is 0.251 e. The van der Waals surface area contributed by atoms with E-state index in [0.29, 0.717) is 12.1 Å². The minimum Gasteiger partial charge on any atom is -0.351 e. The summed E-state index contributed by atoms with van der Waals surface area (Å²) >= 11 is 0. The number of nitrogens with one attached hydrogen (secondary N) is 2. The molecule has 0 spiro atoms. The van der Waals surface area contributed by atoms with Crippen LogP contribution in [0.4, 0.5) is 0 Å². The van der Waals surface area contributed by atoms with E-state index in [1.807, 2.05) is 14.1 Å². The van der Waals surface area contributed by atoms with Gasteiger partial charge in [-0.25, -0.2) is 8.42 Å². The summed E-state index contributed by atoms with van der Waals surface area (Å²) < 4.78 is 26.4. The largest absolute Gasteiger partial charge is 0.351 e. The number of carbonyl (C=O) groups excluding carboxylic acids is 1. The van der Waals surface area contributed by atoms with Crippen LogP contribution in [0.15, 0.2) is 29.2 Å². The number of hydrogen-bond donors (Lipinski definition) is 2. The number of nitrogens with zero attached hydrogens (tertiary/aromatic N) is 1. The molecule has 0 heterocycles. The van der Waals surface area contributed by atoms with E-state index in [0.717, 1.165) is 6.54 Å². The van der Waals surface area contributed by atoms with Crippen molar-refractivity contribution in [3.8, 4) is 12.3 Å². The van der Waals surface area contributed by atoms with Gasteiger partial charge in [0.1, 0.15) is 0 Å². The maximum absolute atomic E-state index is 12.3.